The van der Waals surface area contributed by atoms with Crippen LogP contribution in [0.4, 0.5) is 5.69 Å². The zero-order valence-corrected chi connectivity index (χ0v) is 13.1. The average molecular weight is 303 g/mol. The minimum Gasteiger partial charge on any atom is -0.268 e. The fourth-order valence-electron chi connectivity index (χ4n) is 3.86. The van der Waals surface area contributed by atoms with E-state index in [2.05, 4.69) is 26.2 Å². The van der Waals surface area contributed by atoms with Crippen molar-refractivity contribution in [1.29, 1.82) is 0 Å². The lowest BCUT2D eigenvalue weighted by Gasteiger charge is -2.34. The zero-order chi connectivity index (χ0) is 16.1. The molecule has 0 bridgehead atoms. The molecule has 1 heterocycles. The van der Waals surface area contributed by atoms with Gasteiger partial charge >= 0.3 is 0 Å². The fraction of sp³-hybridized carbons (Fsp3) is 0.562. The van der Waals surface area contributed by atoms with Gasteiger partial charge in [0.05, 0.1) is 10.5 Å². The van der Waals surface area contributed by atoms with E-state index in [9.17, 15) is 14.9 Å². The fourth-order valence-corrected chi connectivity index (χ4v) is 3.86. The molecule has 22 heavy (non-hydrogen) atoms. The third-order valence-corrected chi connectivity index (χ3v) is 5.27. The molecule has 0 aromatic heterocycles. The van der Waals surface area contributed by atoms with Crippen LogP contribution >= 0.6 is 0 Å². The molecule has 1 N–H and O–H groups in total. The van der Waals surface area contributed by atoms with Crippen LogP contribution in [0.1, 0.15) is 44.0 Å². The number of nitro benzene ring substituents is 1. The van der Waals surface area contributed by atoms with Gasteiger partial charge in [-0.25, -0.2) is 5.43 Å². The van der Waals surface area contributed by atoms with Crippen molar-refractivity contribution in [1.82, 2.24) is 10.4 Å². The number of hydrogen-bond acceptors (Lipinski definition) is 4. The normalized spacial score (nSPS) is 29.4. The molecular formula is C16H21N3O3. The first-order valence-electron chi connectivity index (χ1n) is 7.67. The third-order valence-electron chi connectivity index (χ3n) is 5.27. The Morgan fingerprint density at radius 3 is 2.50 bits per heavy atom. The highest BCUT2D eigenvalue weighted by Gasteiger charge is 2.53. The Morgan fingerprint density at radius 2 is 1.95 bits per heavy atom. The molecule has 1 aliphatic heterocycles. The number of rotatable bonds is 2. The summed E-state index contributed by atoms with van der Waals surface area (Å²) < 4.78 is 0. The standard InChI is InChI=1S/C16H21N3O3/c1-10-4-9-13-14(10)17-18(16(13,2)3)15(20)11-5-7-12(8-6-11)19(21)22/h5-8,10,13-14,17H,4,9H2,1-3H3. The first-order chi connectivity index (χ1) is 10.3. The Bertz CT molecular complexity index is 612. The summed E-state index contributed by atoms with van der Waals surface area (Å²) in [7, 11) is 0. The quantitative estimate of drug-likeness (QED) is 0.673. The van der Waals surface area contributed by atoms with E-state index in [1.54, 1.807) is 5.01 Å². The lowest BCUT2D eigenvalue weighted by atomic mass is 9.84. The summed E-state index contributed by atoms with van der Waals surface area (Å²) in [6.45, 7) is 6.39. The number of fused-ring (bicyclic) bond motifs is 1. The van der Waals surface area contributed by atoms with Gasteiger partial charge < -0.3 is 0 Å². The molecule has 1 aromatic rings. The number of carbonyl (C=O) groups excluding carboxylic acids is 1. The van der Waals surface area contributed by atoms with Crippen molar-refractivity contribution in [3.63, 3.8) is 0 Å². The molecular weight excluding hydrogens is 282 g/mol. The Balaban J connectivity index is 1.84. The van der Waals surface area contributed by atoms with Crippen molar-refractivity contribution in [2.45, 2.75) is 45.2 Å². The van der Waals surface area contributed by atoms with Gasteiger partial charge in [-0.3, -0.25) is 19.9 Å². The van der Waals surface area contributed by atoms with Crippen LogP contribution < -0.4 is 5.43 Å². The first kappa shape index (κ1) is 15.0. The lowest BCUT2D eigenvalue weighted by molar-refractivity contribution is -0.384. The Kier molecular flexibility index (Phi) is 3.44. The number of non-ortho nitro benzene ring substituents is 1. The van der Waals surface area contributed by atoms with Crippen LogP contribution in [0.5, 0.6) is 0 Å². The SMILES string of the molecule is CC1CCC2C1NN(C(=O)c1ccc([N+](=O)[O-])cc1)C2(C)C. The number of hydrazine groups is 1. The van der Waals surface area contributed by atoms with Crippen molar-refractivity contribution in [3.8, 4) is 0 Å². The maximum absolute atomic E-state index is 12.8. The predicted molar refractivity (Wildman–Crippen MR) is 82.2 cm³/mol. The van der Waals surface area contributed by atoms with Gasteiger partial charge in [-0.1, -0.05) is 6.92 Å². The molecule has 2 aliphatic rings. The number of nitrogens with zero attached hydrogens (tertiary/aromatic N) is 2. The number of benzene rings is 1. The maximum Gasteiger partial charge on any atom is 0.269 e. The molecule has 3 unspecified atom stereocenters. The summed E-state index contributed by atoms with van der Waals surface area (Å²) in [5, 5.41) is 12.4. The van der Waals surface area contributed by atoms with Gasteiger partial charge in [-0.15, -0.1) is 0 Å². The van der Waals surface area contributed by atoms with E-state index >= 15 is 0 Å². The van der Waals surface area contributed by atoms with Crippen molar-refractivity contribution >= 4 is 11.6 Å². The molecule has 1 amide bonds. The van der Waals surface area contributed by atoms with Gasteiger partial charge in [-0.05, 0) is 44.7 Å². The highest BCUT2D eigenvalue weighted by Crippen LogP contribution is 2.45. The van der Waals surface area contributed by atoms with Crippen molar-refractivity contribution in [2.24, 2.45) is 11.8 Å². The second-order valence-electron chi connectivity index (χ2n) is 6.91. The summed E-state index contributed by atoms with van der Waals surface area (Å²) in [6.07, 6.45) is 2.31. The van der Waals surface area contributed by atoms with E-state index in [0.717, 1.165) is 6.42 Å². The topological polar surface area (TPSA) is 75.5 Å². The van der Waals surface area contributed by atoms with E-state index in [0.29, 0.717) is 23.4 Å². The molecule has 1 saturated carbocycles. The number of carbonyl (C=O) groups is 1. The molecule has 3 atom stereocenters. The maximum atomic E-state index is 12.8. The van der Waals surface area contributed by atoms with Gasteiger partial charge in [0.15, 0.2) is 0 Å². The van der Waals surface area contributed by atoms with E-state index in [4.69, 9.17) is 0 Å². The summed E-state index contributed by atoms with van der Waals surface area (Å²) in [5.74, 6) is 0.880. The molecule has 118 valence electrons. The van der Waals surface area contributed by atoms with E-state index in [1.807, 2.05) is 0 Å². The van der Waals surface area contributed by atoms with Gasteiger partial charge in [-0.2, -0.15) is 0 Å². The highest BCUT2D eigenvalue weighted by molar-refractivity contribution is 5.94. The van der Waals surface area contributed by atoms with Crippen molar-refractivity contribution < 1.29 is 9.72 Å². The highest BCUT2D eigenvalue weighted by atomic mass is 16.6. The predicted octanol–water partition coefficient (Wildman–Crippen LogP) is 2.75. The molecule has 6 heteroatoms. The zero-order valence-electron chi connectivity index (χ0n) is 13.1. The Morgan fingerprint density at radius 1 is 1.32 bits per heavy atom. The van der Waals surface area contributed by atoms with Crippen LogP contribution in [0, 0.1) is 22.0 Å². The summed E-state index contributed by atoms with van der Waals surface area (Å²) >= 11 is 0. The monoisotopic (exact) mass is 303 g/mol. The van der Waals surface area contributed by atoms with Gasteiger partial charge in [0.25, 0.3) is 11.6 Å². The first-order valence-corrected chi connectivity index (χ1v) is 7.67. The van der Waals surface area contributed by atoms with E-state index in [1.165, 1.54) is 30.7 Å². The molecule has 6 nitrogen and oxygen atoms in total. The number of nitro groups is 1. The van der Waals surface area contributed by atoms with Crippen LogP contribution in [-0.4, -0.2) is 27.4 Å². The van der Waals surface area contributed by atoms with Gasteiger partial charge in [0, 0.05) is 29.7 Å². The molecule has 1 aromatic carbocycles. The smallest absolute Gasteiger partial charge is 0.268 e. The van der Waals surface area contributed by atoms with E-state index in [-0.39, 0.29) is 17.1 Å². The third kappa shape index (κ3) is 2.18. The minimum absolute atomic E-state index is 0.00400. The molecule has 3 rings (SSSR count). The summed E-state index contributed by atoms with van der Waals surface area (Å²) in [4.78, 5) is 23.0. The van der Waals surface area contributed by atoms with Crippen LogP contribution in [0.3, 0.4) is 0 Å². The van der Waals surface area contributed by atoms with Crippen LogP contribution in [-0.2, 0) is 0 Å². The number of amides is 1. The minimum atomic E-state index is -0.460. The number of nitrogens with one attached hydrogen (secondary N) is 1. The van der Waals surface area contributed by atoms with Crippen molar-refractivity contribution in [3.05, 3.63) is 39.9 Å². The van der Waals surface area contributed by atoms with Gasteiger partial charge in [0.1, 0.15) is 0 Å². The van der Waals surface area contributed by atoms with Crippen LogP contribution in [0.25, 0.3) is 0 Å². The van der Waals surface area contributed by atoms with Crippen LogP contribution in [0.2, 0.25) is 0 Å². The second kappa shape index (κ2) is 5.05. The molecule has 2 fully saturated rings. The molecule has 0 radical (unpaired) electrons. The molecule has 0 spiro atoms. The van der Waals surface area contributed by atoms with Crippen LogP contribution in [0.15, 0.2) is 24.3 Å². The molecule has 1 saturated heterocycles. The van der Waals surface area contributed by atoms with Crippen molar-refractivity contribution in [2.75, 3.05) is 0 Å². The summed E-state index contributed by atoms with van der Waals surface area (Å²) in [5.41, 5.74) is 3.59. The summed E-state index contributed by atoms with van der Waals surface area (Å²) in [6, 6.07) is 6.13. The lowest BCUT2D eigenvalue weighted by Crippen LogP contribution is -2.50. The largest absolute Gasteiger partial charge is 0.269 e. The van der Waals surface area contributed by atoms with Gasteiger partial charge in [0.2, 0.25) is 0 Å². The number of hydrogen-bond donors (Lipinski definition) is 1. The Labute approximate surface area is 129 Å². The second-order valence-corrected chi connectivity index (χ2v) is 6.91. The van der Waals surface area contributed by atoms with E-state index < -0.39 is 4.92 Å². The molecule has 1 aliphatic carbocycles. The Hall–Kier alpha value is -1.95. The average Bonchev–Trinajstić information content (AvgIpc) is 2.97.